The number of carbonyl (C=O) groups excluding carboxylic acids is 1. The molecule has 1 unspecified atom stereocenters. The van der Waals surface area contributed by atoms with Crippen LogP contribution in [-0.4, -0.2) is 49.8 Å². The number of aromatic nitrogens is 3. The monoisotopic (exact) mass is 282 g/mol. The highest BCUT2D eigenvalue weighted by Crippen LogP contribution is 2.20. The molecule has 1 fully saturated rings. The van der Waals surface area contributed by atoms with Crippen LogP contribution in [0.2, 0.25) is 0 Å². The number of aliphatic hydroxyl groups is 1. The van der Waals surface area contributed by atoms with Crippen molar-refractivity contribution in [3.05, 3.63) is 11.9 Å². The van der Waals surface area contributed by atoms with Crippen LogP contribution in [-0.2, 0) is 17.9 Å². The second kappa shape index (κ2) is 5.78. The second-order valence-electron chi connectivity index (χ2n) is 6.17. The van der Waals surface area contributed by atoms with Crippen LogP contribution in [0.4, 0.5) is 4.79 Å². The highest BCUT2D eigenvalue weighted by Gasteiger charge is 2.30. The average Bonchev–Trinajstić information content (AvgIpc) is 2.96. The molecule has 1 aromatic heterocycles. The summed E-state index contributed by atoms with van der Waals surface area (Å²) in [5, 5.41) is 16.7. The van der Waals surface area contributed by atoms with Gasteiger partial charge in [-0.3, -0.25) is 4.68 Å². The van der Waals surface area contributed by atoms with Crippen LogP contribution in [0.15, 0.2) is 6.20 Å². The third-order valence-electron chi connectivity index (χ3n) is 3.13. The fraction of sp³-hybridized carbons (Fsp3) is 0.769. The van der Waals surface area contributed by atoms with E-state index in [1.807, 2.05) is 20.8 Å². The molecule has 7 nitrogen and oxygen atoms in total. The minimum Gasteiger partial charge on any atom is -0.444 e. The van der Waals surface area contributed by atoms with Crippen molar-refractivity contribution in [2.24, 2.45) is 5.92 Å². The third-order valence-corrected chi connectivity index (χ3v) is 3.13. The molecule has 0 saturated carbocycles. The number of nitrogens with zero attached hydrogens (tertiary/aromatic N) is 4. The average molecular weight is 282 g/mol. The Morgan fingerprint density at radius 2 is 2.30 bits per heavy atom. The van der Waals surface area contributed by atoms with Crippen molar-refractivity contribution in [3.63, 3.8) is 0 Å². The SMILES string of the molecule is CC(C)(C)OC(=O)N1CCC(Cn2cc(CO)nn2)C1. The zero-order valence-corrected chi connectivity index (χ0v) is 12.2. The third kappa shape index (κ3) is 3.93. The van der Waals surface area contributed by atoms with Gasteiger partial charge in [0.25, 0.3) is 0 Å². The molecule has 0 radical (unpaired) electrons. The summed E-state index contributed by atoms with van der Waals surface area (Å²) < 4.78 is 7.08. The van der Waals surface area contributed by atoms with Gasteiger partial charge in [-0.2, -0.15) is 0 Å². The Balaban J connectivity index is 1.84. The first-order valence-corrected chi connectivity index (χ1v) is 6.85. The van der Waals surface area contributed by atoms with Gasteiger partial charge in [-0.25, -0.2) is 4.79 Å². The summed E-state index contributed by atoms with van der Waals surface area (Å²) in [6, 6.07) is 0. The smallest absolute Gasteiger partial charge is 0.410 e. The quantitative estimate of drug-likeness (QED) is 0.895. The topological polar surface area (TPSA) is 80.5 Å². The van der Waals surface area contributed by atoms with E-state index in [4.69, 9.17) is 9.84 Å². The van der Waals surface area contributed by atoms with Crippen LogP contribution < -0.4 is 0 Å². The van der Waals surface area contributed by atoms with E-state index in [2.05, 4.69) is 10.3 Å². The van der Waals surface area contributed by atoms with Crippen molar-refractivity contribution < 1.29 is 14.6 Å². The molecule has 0 spiro atoms. The number of amides is 1. The van der Waals surface area contributed by atoms with Gasteiger partial charge in [-0.15, -0.1) is 5.10 Å². The Kier molecular flexibility index (Phi) is 4.27. The summed E-state index contributed by atoms with van der Waals surface area (Å²) in [7, 11) is 0. The molecule has 1 N–H and O–H groups in total. The molecule has 1 saturated heterocycles. The van der Waals surface area contributed by atoms with Crippen molar-refractivity contribution in [3.8, 4) is 0 Å². The van der Waals surface area contributed by atoms with Crippen LogP contribution >= 0.6 is 0 Å². The summed E-state index contributed by atoms with van der Waals surface area (Å²) in [5.41, 5.74) is 0.101. The molecule has 2 heterocycles. The first-order valence-electron chi connectivity index (χ1n) is 6.85. The van der Waals surface area contributed by atoms with E-state index in [1.165, 1.54) is 0 Å². The van der Waals surface area contributed by atoms with Gasteiger partial charge in [0, 0.05) is 19.6 Å². The van der Waals surface area contributed by atoms with Crippen molar-refractivity contribution in [2.75, 3.05) is 13.1 Å². The van der Waals surface area contributed by atoms with Crippen molar-refractivity contribution in [2.45, 2.75) is 45.9 Å². The highest BCUT2D eigenvalue weighted by atomic mass is 16.6. The predicted octanol–water partition coefficient (Wildman–Crippen LogP) is 1.03. The van der Waals surface area contributed by atoms with Gasteiger partial charge in [0.05, 0.1) is 12.8 Å². The summed E-state index contributed by atoms with van der Waals surface area (Å²) in [4.78, 5) is 13.7. The number of hydrogen-bond acceptors (Lipinski definition) is 5. The molecule has 0 aliphatic carbocycles. The van der Waals surface area contributed by atoms with E-state index in [0.29, 0.717) is 31.2 Å². The number of ether oxygens (including phenoxy) is 1. The molecule has 1 amide bonds. The van der Waals surface area contributed by atoms with Crippen LogP contribution in [0.5, 0.6) is 0 Å². The first-order chi connectivity index (χ1) is 9.37. The molecule has 0 bridgehead atoms. The van der Waals surface area contributed by atoms with Gasteiger partial charge in [0.15, 0.2) is 0 Å². The lowest BCUT2D eigenvalue weighted by molar-refractivity contribution is 0.0286. The Morgan fingerprint density at radius 1 is 1.55 bits per heavy atom. The van der Waals surface area contributed by atoms with Gasteiger partial charge in [0.2, 0.25) is 0 Å². The number of rotatable bonds is 3. The lowest BCUT2D eigenvalue weighted by Gasteiger charge is -2.24. The van der Waals surface area contributed by atoms with Gasteiger partial charge in [-0.1, -0.05) is 5.21 Å². The van der Waals surface area contributed by atoms with Crippen LogP contribution in [0, 0.1) is 5.92 Å². The molecule has 1 aromatic rings. The van der Waals surface area contributed by atoms with E-state index in [-0.39, 0.29) is 12.7 Å². The lowest BCUT2D eigenvalue weighted by atomic mass is 10.1. The maximum atomic E-state index is 11.9. The van der Waals surface area contributed by atoms with Crippen molar-refractivity contribution in [1.82, 2.24) is 19.9 Å². The molecule has 7 heteroatoms. The van der Waals surface area contributed by atoms with Crippen LogP contribution in [0.3, 0.4) is 0 Å². The lowest BCUT2D eigenvalue weighted by Crippen LogP contribution is -2.35. The highest BCUT2D eigenvalue weighted by molar-refractivity contribution is 5.68. The Labute approximate surface area is 118 Å². The van der Waals surface area contributed by atoms with E-state index in [0.717, 1.165) is 6.42 Å². The molecule has 1 aliphatic rings. The van der Waals surface area contributed by atoms with Crippen molar-refractivity contribution >= 4 is 6.09 Å². The fourth-order valence-corrected chi connectivity index (χ4v) is 2.24. The van der Waals surface area contributed by atoms with Gasteiger partial charge in [-0.05, 0) is 33.1 Å². The molecule has 2 rings (SSSR count). The van der Waals surface area contributed by atoms with E-state index < -0.39 is 5.60 Å². The first kappa shape index (κ1) is 14.8. The standard InChI is InChI=1S/C13H22N4O3/c1-13(2,3)20-12(19)16-5-4-10(6-16)7-17-8-11(9-18)14-15-17/h8,10,18H,4-7,9H2,1-3H3. The Morgan fingerprint density at radius 3 is 2.90 bits per heavy atom. The van der Waals surface area contributed by atoms with Gasteiger partial charge >= 0.3 is 6.09 Å². The van der Waals surface area contributed by atoms with E-state index in [9.17, 15) is 4.79 Å². The molecule has 1 atom stereocenters. The number of likely N-dealkylation sites (tertiary alicyclic amines) is 1. The minimum atomic E-state index is -0.461. The van der Waals surface area contributed by atoms with E-state index in [1.54, 1.807) is 15.8 Å². The minimum absolute atomic E-state index is 0.102. The molecular formula is C13H22N4O3. The largest absolute Gasteiger partial charge is 0.444 e. The van der Waals surface area contributed by atoms with Crippen molar-refractivity contribution in [1.29, 1.82) is 0 Å². The maximum Gasteiger partial charge on any atom is 0.410 e. The fourth-order valence-electron chi connectivity index (χ4n) is 2.24. The summed E-state index contributed by atoms with van der Waals surface area (Å²) in [5.74, 6) is 0.343. The Bertz CT molecular complexity index is 466. The van der Waals surface area contributed by atoms with Gasteiger partial charge in [0.1, 0.15) is 11.3 Å². The van der Waals surface area contributed by atoms with Crippen LogP contribution in [0.1, 0.15) is 32.9 Å². The molecule has 112 valence electrons. The second-order valence-corrected chi connectivity index (χ2v) is 6.17. The van der Waals surface area contributed by atoms with Gasteiger partial charge < -0.3 is 14.7 Å². The molecule has 1 aliphatic heterocycles. The molecular weight excluding hydrogens is 260 g/mol. The summed E-state index contributed by atoms with van der Waals surface area (Å²) in [6.07, 6.45) is 2.40. The van der Waals surface area contributed by atoms with Crippen LogP contribution in [0.25, 0.3) is 0 Å². The normalized spacial score (nSPS) is 19.4. The maximum absolute atomic E-state index is 11.9. The Hall–Kier alpha value is -1.63. The zero-order chi connectivity index (χ0) is 14.8. The summed E-state index contributed by atoms with van der Waals surface area (Å²) >= 11 is 0. The molecule has 20 heavy (non-hydrogen) atoms. The summed E-state index contributed by atoms with van der Waals surface area (Å²) in [6.45, 7) is 7.57. The predicted molar refractivity (Wildman–Crippen MR) is 71.9 cm³/mol. The number of hydrogen-bond donors (Lipinski definition) is 1. The number of aliphatic hydroxyl groups excluding tert-OH is 1. The van der Waals surface area contributed by atoms with E-state index >= 15 is 0 Å². The zero-order valence-electron chi connectivity index (χ0n) is 12.2. The molecule has 0 aromatic carbocycles. The number of carbonyl (C=O) groups is 1.